The molecule has 0 unspecified atom stereocenters. The average Bonchev–Trinajstić information content (AvgIpc) is 2.77. The summed E-state index contributed by atoms with van der Waals surface area (Å²) >= 11 is 0. The Morgan fingerprint density at radius 3 is 2.93 bits per heavy atom. The first-order valence-electron chi connectivity index (χ1n) is 4.51. The molecular formula is C8H12N6. The van der Waals surface area contributed by atoms with Crippen LogP contribution in [0.1, 0.15) is 18.9 Å². The van der Waals surface area contributed by atoms with E-state index in [-0.39, 0.29) is 0 Å². The Morgan fingerprint density at radius 2 is 2.29 bits per heavy atom. The van der Waals surface area contributed by atoms with Gasteiger partial charge in [-0.15, -0.1) is 0 Å². The molecule has 0 spiro atoms. The molecule has 0 amide bonds. The van der Waals surface area contributed by atoms with E-state index in [0.717, 1.165) is 29.8 Å². The molecule has 6 heteroatoms. The van der Waals surface area contributed by atoms with E-state index in [0.29, 0.717) is 5.82 Å². The van der Waals surface area contributed by atoms with E-state index in [9.17, 15) is 0 Å². The number of nitrogens with zero attached hydrogens (tertiary/aromatic N) is 3. The predicted molar refractivity (Wildman–Crippen MR) is 52.4 cm³/mol. The van der Waals surface area contributed by atoms with E-state index in [1.807, 2.05) is 0 Å². The number of hydrogen-bond donors (Lipinski definition) is 3. The summed E-state index contributed by atoms with van der Waals surface area (Å²) in [5.41, 5.74) is 8.36. The second-order valence-electron chi connectivity index (χ2n) is 3.07. The van der Waals surface area contributed by atoms with Crippen molar-refractivity contribution in [3.8, 4) is 11.4 Å². The predicted octanol–water partition coefficient (Wildman–Crippen LogP) is 0.729. The molecule has 0 aliphatic rings. The van der Waals surface area contributed by atoms with Gasteiger partial charge < -0.3 is 5.73 Å². The van der Waals surface area contributed by atoms with Gasteiger partial charge in [-0.2, -0.15) is 20.5 Å². The number of hydrogen-bond acceptors (Lipinski definition) is 4. The van der Waals surface area contributed by atoms with Gasteiger partial charge in [0.05, 0.1) is 11.9 Å². The maximum atomic E-state index is 5.73. The van der Waals surface area contributed by atoms with Crippen LogP contribution in [0.5, 0.6) is 0 Å². The van der Waals surface area contributed by atoms with E-state index in [1.54, 1.807) is 6.20 Å². The number of nitrogens with one attached hydrogen (secondary N) is 2. The highest BCUT2D eigenvalue weighted by atomic mass is 15.3. The largest absolute Gasteiger partial charge is 0.382 e. The van der Waals surface area contributed by atoms with Gasteiger partial charge in [0, 0.05) is 5.56 Å². The highest BCUT2D eigenvalue weighted by Crippen LogP contribution is 2.23. The Balaban J connectivity index is 2.43. The van der Waals surface area contributed by atoms with Gasteiger partial charge in [-0.1, -0.05) is 13.3 Å². The molecular weight excluding hydrogens is 180 g/mol. The van der Waals surface area contributed by atoms with Crippen LogP contribution < -0.4 is 5.73 Å². The number of nitrogen functional groups attached to an aromatic ring is 1. The lowest BCUT2D eigenvalue weighted by Gasteiger charge is -1.97. The molecule has 0 aliphatic carbocycles. The summed E-state index contributed by atoms with van der Waals surface area (Å²) in [5.74, 6) is 0.546. The summed E-state index contributed by atoms with van der Waals surface area (Å²) in [4.78, 5) is 0. The first-order valence-corrected chi connectivity index (χ1v) is 4.51. The van der Waals surface area contributed by atoms with E-state index in [2.05, 4.69) is 32.5 Å². The van der Waals surface area contributed by atoms with Gasteiger partial charge in [0.25, 0.3) is 0 Å². The second-order valence-corrected chi connectivity index (χ2v) is 3.07. The number of aromatic amines is 2. The molecule has 0 bridgehead atoms. The molecule has 0 radical (unpaired) electrons. The minimum absolute atomic E-state index is 0.546. The van der Waals surface area contributed by atoms with Crippen LogP contribution in [0.3, 0.4) is 0 Å². The van der Waals surface area contributed by atoms with Crippen LogP contribution in [0.15, 0.2) is 6.20 Å². The number of nitrogens with two attached hydrogens (primary N) is 1. The van der Waals surface area contributed by atoms with Crippen molar-refractivity contribution in [3.05, 3.63) is 11.8 Å². The van der Waals surface area contributed by atoms with Crippen LogP contribution in [0.4, 0.5) is 5.82 Å². The van der Waals surface area contributed by atoms with E-state index >= 15 is 0 Å². The van der Waals surface area contributed by atoms with E-state index in [1.165, 1.54) is 0 Å². The van der Waals surface area contributed by atoms with Gasteiger partial charge in [-0.3, -0.25) is 5.10 Å². The highest BCUT2D eigenvalue weighted by molar-refractivity contribution is 5.63. The maximum Gasteiger partial charge on any atom is 0.149 e. The number of H-pyrrole nitrogens is 2. The highest BCUT2D eigenvalue weighted by Gasteiger charge is 2.13. The molecule has 4 N–H and O–H groups in total. The summed E-state index contributed by atoms with van der Waals surface area (Å²) < 4.78 is 0. The molecule has 0 fully saturated rings. The molecule has 0 aliphatic heterocycles. The summed E-state index contributed by atoms with van der Waals surface area (Å²) in [6.07, 6.45) is 3.56. The minimum Gasteiger partial charge on any atom is -0.382 e. The SMILES string of the molecule is CCCc1c(N)n[nH]c1-c1cn[nH]n1. The molecule has 2 heterocycles. The zero-order valence-corrected chi connectivity index (χ0v) is 7.91. The van der Waals surface area contributed by atoms with Crippen LogP contribution in [-0.2, 0) is 6.42 Å². The molecule has 0 atom stereocenters. The van der Waals surface area contributed by atoms with Gasteiger partial charge in [-0.05, 0) is 6.42 Å². The van der Waals surface area contributed by atoms with Crippen molar-refractivity contribution in [3.63, 3.8) is 0 Å². The molecule has 14 heavy (non-hydrogen) atoms. The third-order valence-corrected chi connectivity index (χ3v) is 2.07. The average molecular weight is 192 g/mol. The zero-order chi connectivity index (χ0) is 9.97. The first kappa shape index (κ1) is 8.74. The van der Waals surface area contributed by atoms with Crippen molar-refractivity contribution in [1.82, 2.24) is 25.6 Å². The Hall–Kier alpha value is -1.85. The second kappa shape index (κ2) is 3.49. The van der Waals surface area contributed by atoms with Crippen molar-refractivity contribution in [2.45, 2.75) is 19.8 Å². The van der Waals surface area contributed by atoms with Crippen molar-refractivity contribution < 1.29 is 0 Å². The third kappa shape index (κ3) is 1.34. The van der Waals surface area contributed by atoms with Gasteiger partial charge >= 0.3 is 0 Å². The van der Waals surface area contributed by atoms with Crippen LogP contribution in [0.25, 0.3) is 11.4 Å². The first-order chi connectivity index (χ1) is 6.83. The lowest BCUT2D eigenvalue weighted by molar-refractivity contribution is 0.920. The van der Waals surface area contributed by atoms with E-state index < -0.39 is 0 Å². The monoisotopic (exact) mass is 192 g/mol. The number of rotatable bonds is 3. The van der Waals surface area contributed by atoms with Crippen LogP contribution in [0, 0.1) is 0 Å². The number of anilines is 1. The fraction of sp³-hybridized carbons (Fsp3) is 0.375. The Labute approximate surface area is 80.9 Å². The van der Waals surface area contributed by atoms with Crippen molar-refractivity contribution in [2.24, 2.45) is 0 Å². The van der Waals surface area contributed by atoms with E-state index in [4.69, 9.17) is 5.73 Å². The van der Waals surface area contributed by atoms with Crippen LogP contribution in [-0.4, -0.2) is 25.6 Å². The van der Waals surface area contributed by atoms with Crippen LogP contribution >= 0.6 is 0 Å². The fourth-order valence-corrected chi connectivity index (χ4v) is 1.42. The van der Waals surface area contributed by atoms with Crippen molar-refractivity contribution in [2.75, 3.05) is 5.73 Å². The molecule has 2 rings (SSSR count). The zero-order valence-electron chi connectivity index (χ0n) is 7.91. The van der Waals surface area contributed by atoms with Gasteiger partial charge in [0.15, 0.2) is 0 Å². The Bertz CT molecular complexity index is 401. The summed E-state index contributed by atoms with van der Waals surface area (Å²) in [7, 11) is 0. The lowest BCUT2D eigenvalue weighted by Crippen LogP contribution is -1.92. The molecule has 0 saturated carbocycles. The molecule has 0 aromatic carbocycles. The van der Waals surface area contributed by atoms with Gasteiger partial charge in [0.1, 0.15) is 11.5 Å². The normalized spacial score (nSPS) is 10.6. The minimum atomic E-state index is 0.546. The molecule has 6 nitrogen and oxygen atoms in total. The smallest absolute Gasteiger partial charge is 0.149 e. The number of aromatic nitrogens is 5. The quantitative estimate of drug-likeness (QED) is 0.667. The molecule has 0 saturated heterocycles. The van der Waals surface area contributed by atoms with Gasteiger partial charge in [-0.25, -0.2) is 0 Å². The molecule has 2 aromatic rings. The lowest BCUT2D eigenvalue weighted by atomic mass is 10.1. The summed E-state index contributed by atoms with van der Waals surface area (Å²) in [6.45, 7) is 2.10. The fourth-order valence-electron chi connectivity index (χ4n) is 1.42. The summed E-state index contributed by atoms with van der Waals surface area (Å²) in [5, 5.41) is 17.1. The standard InChI is InChI=1S/C8H12N6/c1-2-3-5-7(12-13-8(5)9)6-4-10-14-11-6/h4H,2-3H2,1H3,(H3,9,12,13)(H,10,11,14). The molecule has 2 aromatic heterocycles. The third-order valence-electron chi connectivity index (χ3n) is 2.07. The van der Waals surface area contributed by atoms with Crippen molar-refractivity contribution in [1.29, 1.82) is 0 Å². The Morgan fingerprint density at radius 1 is 1.43 bits per heavy atom. The Kier molecular flexibility index (Phi) is 2.18. The van der Waals surface area contributed by atoms with Gasteiger partial charge in [0.2, 0.25) is 0 Å². The van der Waals surface area contributed by atoms with Crippen molar-refractivity contribution >= 4 is 5.82 Å². The maximum absolute atomic E-state index is 5.73. The van der Waals surface area contributed by atoms with Crippen LogP contribution in [0.2, 0.25) is 0 Å². The molecule has 74 valence electrons. The summed E-state index contributed by atoms with van der Waals surface area (Å²) in [6, 6.07) is 0. The topological polar surface area (TPSA) is 96.3 Å².